The molecule has 0 spiro atoms. The van der Waals surface area contributed by atoms with Gasteiger partial charge in [-0.1, -0.05) is 15.9 Å². The Morgan fingerprint density at radius 3 is 2.69 bits per heavy atom. The topological polar surface area (TPSA) is 44.3 Å². The summed E-state index contributed by atoms with van der Waals surface area (Å²) in [7, 11) is 0. The number of benzene rings is 1. The van der Waals surface area contributed by atoms with Crippen LogP contribution < -0.4 is 10.2 Å². The van der Waals surface area contributed by atoms with Gasteiger partial charge in [0.1, 0.15) is 5.75 Å². The van der Waals surface area contributed by atoms with Gasteiger partial charge in [0.25, 0.3) is 0 Å². The number of ether oxygens (including phenoxy) is 1. The number of alkyl halides is 2. The van der Waals surface area contributed by atoms with Gasteiger partial charge in [0.2, 0.25) is 0 Å². The molecule has 0 radical (unpaired) electrons. The second-order valence-corrected chi connectivity index (χ2v) is 3.04. The Labute approximate surface area is 81.4 Å². The van der Waals surface area contributed by atoms with Gasteiger partial charge < -0.3 is 15.4 Å². The third-order valence-corrected chi connectivity index (χ3v) is 1.76. The van der Waals surface area contributed by atoms with Crippen molar-refractivity contribution in [2.45, 2.75) is 6.61 Å². The molecule has 0 amide bonds. The first kappa shape index (κ1) is 10.2. The molecule has 3 nitrogen and oxygen atoms in total. The predicted octanol–water partition coefficient (Wildman–Crippen LogP) is 2.96. The summed E-state index contributed by atoms with van der Waals surface area (Å²) in [5.41, 5.74) is 1.47. The minimum atomic E-state index is -2.94. The van der Waals surface area contributed by atoms with Gasteiger partial charge in [-0.3, -0.25) is 0 Å². The number of nitrogens with one attached hydrogen (secondary N) is 1. The zero-order valence-corrected chi connectivity index (χ0v) is 7.85. The van der Waals surface area contributed by atoms with Crippen LogP contribution in [0.15, 0.2) is 22.7 Å². The Balaban J connectivity index is 2.92. The van der Waals surface area contributed by atoms with Crippen LogP contribution in [0.2, 0.25) is 0 Å². The summed E-state index contributed by atoms with van der Waals surface area (Å²) in [4.78, 5) is 0. The second kappa shape index (κ2) is 4.38. The summed E-state index contributed by atoms with van der Waals surface area (Å²) in [5.74, 6) is -0.173. The molecule has 0 heterocycles. The molecule has 1 aromatic carbocycles. The average molecular weight is 253 g/mol. The van der Waals surface area contributed by atoms with E-state index in [2.05, 4.69) is 20.7 Å². The van der Waals surface area contributed by atoms with E-state index in [0.717, 1.165) is 0 Å². The predicted molar refractivity (Wildman–Crippen MR) is 47.8 cm³/mol. The molecule has 0 bridgehead atoms. The van der Waals surface area contributed by atoms with Crippen molar-refractivity contribution < 1.29 is 13.5 Å². The fourth-order valence-corrected chi connectivity index (χ4v) is 1.14. The van der Waals surface area contributed by atoms with Crippen molar-refractivity contribution in [3.63, 3.8) is 0 Å². The summed E-state index contributed by atoms with van der Waals surface area (Å²) in [6.07, 6.45) is 0. The maximum atomic E-state index is 11.8. The van der Waals surface area contributed by atoms with E-state index in [1.165, 1.54) is 23.7 Å². The first-order valence-corrected chi connectivity index (χ1v) is 4.05. The third-order valence-electron chi connectivity index (χ3n) is 1.27. The summed E-state index contributed by atoms with van der Waals surface area (Å²) in [6, 6.07) is 4.12. The van der Waals surface area contributed by atoms with Crippen LogP contribution in [0.5, 0.6) is 5.75 Å². The minimum absolute atomic E-state index is 0.0327. The molecule has 0 aliphatic rings. The zero-order valence-electron chi connectivity index (χ0n) is 6.26. The van der Waals surface area contributed by atoms with Crippen molar-refractivity contribution >= 4 is 21.6 Å². The van der Waals surface area contributed by atoms with E-state index >= 15 is 0 Å². The van der Waals surface area contributed by atoms with Gasteiger partial charge in [-0.05, 0) is 18.2 Å². The molecule has 0 atom stereocenters. The largest absolute Gasteiger partial charge is 0.761 e. The minimum Gasteiger partial charge on any atom is -0.761 e. The van der Waals surface area contributed by atoms with Gasteiger partial charge in [0, 0.05) is 4.47 Å². The normalized spacial score (nSPS) is 10.2. The quantitative estimate of drug-likeness (QED) is 0.842. The van der Waals surface area contributed by atoms with E-state index in [-0.39, 0.29) is 11.4 Å². The molecular formula is C7H5BrF2NO2-. The summed E-state index contributed by atoms with van der Waals surface area (Å²) < 4.78 is 28.2. The Hall–Kier alpha value is -0.880. The lowest BCUT2D eigenvalue weighted by molar-refractivity contribution is -0.0493. The zero-order chi connectivity index (χ0) is 9.84. The van der Waals surface area contributed by atoms with Crippen LogP contribution in [-0.2, 0) is 0 Å². The number of rotatable bonds is 3. The molecule has 0 aromatic heterocycles. The monoisotopic (exact) mass is 252 g/mol. The van der Waals surface area contributed by atoms with Crippen LogP contribution in [-0.4, -0.2) is 6.61 Å². The van der Waals surface area contributed by atoms with E-state index in [4.69, 9.17) is 0 Å². The molecule has 6 heteroatoms. The Morgan fingerprint density at radius 1 is 1.46 bits per heavy atom. The van der Waals surface area contributed by atoms with Crippen molar-refractivity contribution in [1.82, 2.24) is 0 Å². The molecule has 0 fully saturated rings. The molecule has 0 saturated heterocycles. The third kappa shape index (κ3) is 2.82. The van der Waals surface area contributed by atoms with E-state index in [1.54, 1.807) is 0 Å². The van der Waals surface area contributed by atoms with E-state index < -0.39 is 6.61 Å². The Morgan fingerprint density at radius 2 is 2.15 bits per heavy atom. The molecule has 13 heavy (non-hydrogen) atoms. The highest BCUT2D eigenvalue weighted by molar-refractivity contribution is 9.10. The standard InChI is InChI=1S/C7H5BrF2NO2/c8-4-1-2-6(13-7(9)10)5(3-4)11-12/h1-3,7,11H/q-1. The molecule has 72 valence electrons. The Bertz CT molecular complexity index is 296. The lowest BCUT2D eigenvalue weighted by Crippen LogP contribution is -2.03. The van der Waals surface area contributed by atoms with E-state index in [0.29, 0.717) is 4.47 Å². The lowest BCUT2D eigenvalue weighted by Gasteiger charge is -2.15. The van der Waals surface area contributed by atoms with Gasteiger partial charge in [-0.2, -0.15) is 8.78 Å². The molecule has 0 aliphatic carbocycles. The van der Waals surface area contributed by atoms with Crippen LogP contribution in [0.1, 0.15) is 0 Å². The van der Waals surface area contributed by atoms with Crippen LogP contribution in [0.25, 0.3) is 0 Å². The van der Waals surface area contributed by atoms with Gasteiger partial charge in [0.15, 0.2) is 0 Å². The number of anilines is 1. The maximum Gasteiger partial charge on any atom is 0.387 e. The molecule has 0 saturated carbocycles. The number of halogens is 3. The molecular weight excluding hydrogens is 248 g/mol. The van der Waals surface area contributed by atoms with Crippen molar-refractivity contribution in [3.05, 3.63) is 27.9 Å². The van der Waals surface area contributed by atoms with Crippen LogP contribution in [0.4, 0.5) is 14.5 Å². The van der Waals surface area contributed by atoms with Gasteiger partial charge in [-0.15, -0.1) is 0 Å². The van der Waals surface area contributed by atoms with Gasteiger partial charge in [-0.25, -0.2) is 0 Å². The maximum absolute atomic E-state index is 11.8. The van der Waals surface area contributed by atoms with E-state index in [1.807, 2.05) is 0 Å². The van der Waals surface area contributed by atoms with Crippen molar-refractivity contribution in [3.8, 4) is 5.75 Å². The van der Waals surface area contributed by atoms with Crippen LogP contribution in [0.3, 0.4) is 0 Å². The van der Waals surface area contributed by atoms with Crippen molar-refractivity contribution in [2.75, 3.05) is 5.48 Å². The molecule has 1 N–H and O–H groups in total. The van der Waals surface area contributed by atoms with Gasteiger partial charge in [0.05, 0.1) is 5.69 Å². The summed E-state index contributed by atoms with van der Waals surface area (Å²) in [6.45, 7) is -2.94. The highest BCUT2D eigenvalue weighted by atomic mass is 79.9. The summed E-state index contributed by atoms with van der Waals surface area (Å²) in [5, 5.41) is 10.3. The first-order chi connectivity index (χ1) is 6.13. The first-order valence-electron chi connectivity index (χ1n) is 3.26. The lowest BCUT2D eigenvalue weighted by atomic mass is 10.3. The average Bonchev–Trinajstić information content (AvgIpc) is 2.07. The van der Waals surface area contributed by atoms with Crippen molar-refractivity contribution in [2.24, 2.45) is 0 Å². The molecule has 1 rings (SSSR count). The number of hydrogen-bond donors (Lipinski definition) is 1. The number of hydrogen-bond acceptors (Lipinski definition) is 3. The smallest absolute Gasteiger partial charge is 0.387 e. The molecule has 1 aromatic rings. The van der Waals surface area contributed by atoms with Crippen molar-refractivity contribution in [1.29, 1.82) is 0 Å². The van der Waals surface area contributed by atoms with E-state index in [9.17, 15) is 14.0 Å². The highest BCUT2D eigenvalue weighted by Gasteiger charge is 2.07. The fourth-order valence-electron chi connectivity index (χ4n) is 0.781. The fraction of sp³-hybridized carbons (Fsp3) is 0.143. The van der Waals surface area contributed by atoms with Crippen LogP contribution >= 0.6 is 15.9 Å². The second-order valence-electron chi connectivity index (χ2n) is 2.12. The Kier molecular flexibility index (Phi) is 3.44. The van der Waals surface area contributed by atoms with Crippen LogP contribution in [0, 0.1) is 5.21 Å². The molecule has 0 unspecified atom stereocenters. The van der Waals surface area contributed by atoms with Gasteiger partial charge >= 0.3 is 6.61 Å². The SMILES string of the molecule is [O-]Nc1cc(Br)ccc1OC(F)F. The molecule has 0 aliphatic heterocycles. The summed E-state index contributed by atoms with van der Waals surface area (Å²) >= 11 is 3.08. The highest BCUT2D eigenvalue weighted by Crippen LogP contribution is 2.28.